The molecule has 1 aromatic carbocycles. The molecule has 2 N–H and O–H groups in total. The molecule has 0 spiro atoms. The van der Waals surface area contributed by atoms with Crippen molar-refractivity contribution in [3.05, 3.63) is 47.1 Å². The molecule has 136 valence electrons. The zero-order valence-electron chi connectivity index (χ0n) is 15.1. The average molecular weight is 378 g/mol. The van der Waals surface area contributed by atoms with E-state index in [0.29, 0.717) is 11.6 Å². The molecular formula is C18H18N8S. The van der Waals surface area contributed by atoms with Crippen LogP contribution in [0.5, 0.6) is 0 Å². The van der Waals surface area contributed by atoms with Gasteiger partial charge in [-0.2, -0.15) is 10.3 Å². The van der Waals surface area contributed by atoms with E-state index in [1.54, 1.807) is 23.9 Å². The lowest BCUT2D eigenvalue weighted by atomic mass is 9.94. The van der Waals surface area contributed by atoms with E-state index in [0.717, 1.165) is 21.3 Å². The standard InChI is InChI=1S/C18H18N8S/c1-18(2,3)14-8-13-16(19-10-20-17(13)27-14)22-21-9-11-5-4-6-12(7-11)15-23-25-26-24-15/h4-10H,1-3H3,(H,19,20,22)(H,23,24,25,26). The van der Waals surface area contributed by atoms with Gasteiger partial charge in [-0.15, -0.1) is 21.5 Å². The third-order valence-corrected chi connectivity index (χ3v) is 5.41. The van der Waals surface area contributed by atoms with Crippen LogP contribution in [0.2, 0.25) is 0 Å². The number of hydrogen-bond acceptors (Lipinski definition) is 8. The van der Waals surface area contributed by atoms with E-state index in [2.05, 4.69) is 68.0 Å². The number of nitrogens with one attached hydrogen (secondary N) is 2. The first-order valence-corrected chi connectivity index (χ1v) is 9.20. The number of fused-ring (bicyclic) bond motifs is 1. The molecule has 8 nitrogen and oxygen atoms in total. The molecule has 0 aliphatic heterocycles. The van der Waals surface area contributed by atoms with Gasteiger partial charge >= 0.3 is 0 Å². The van der Waals surface area contributed by atoms with Gasteiger partial charge in [0.05, 0.1) is 11.6 Å². The summed E-state index contributed by atoms with van der Waals surface area (Å²) in [5.41, 5.74) is 4.88. The fourth-order valence-electron chi connectivity index (χ4n) is 2.52. The Morgan fingerprint density at radius 1 is 1.19 bits per heavy atom. The Labute approximate surface area is 159 Å². The van der Waals surface area contributed by atoms with Crippen molar-refractivity contribution < 1.29 is 0 Å². The molecule has 0 aliphatic rings. The Kier molecular flexibility index (Phi) is 4.36. The number of anilines is 1. The normalized spacial score (nSPS) is 12.1. The maximum Gasteiger partial charge on any atom is 0.204 e. The fraction of sp³-hybridized carbons (Fsp3) is 0.222. The number of aromatic nitrogens is 6. The van der Waals surface area contributed by atoms with E-state index in [9.17, 15) is 0 Å². The van der Waals surface area contributed by atoms with Gasteiger partial charge in [0.15, 0.2) is 5.82 Å². The summed E-state index contributed by atoms with van der Waals surface area (Å²) in [6, 6.07) is 9.86. The second-order valence-corrected chi connectivity index (χ2v) is 8.06. The van der Waals surface area contributed by atoms with Crippen LogP contribution in [-0.4, -0.2) is 36.8 Å². The maximum absolute atomic E-state index is 4.38. The number of hydrogen-bond donors (Lipinski definition) is 2. The highest BCUT2D eigenvalue weighted by molar-refractivity contribution is 7.18. The van der Waals surface area contributed by atoms with E-state index in [-0.39, 0.29) is 5.41 Å². The molecule has 9 heteroatoms. The van der Waals surface area contributed by atoms with E-state index in [1.807, 2.05) is 24.3 Å². The van der Waals surface area contributed by atoms with Crippen molar-refractivity contribution in [1.82, 2.24) is 30.6 Å². The molecule has 0 atom stereocenters. The Morgan fingerprint density at radius 2 is 2.07 bits per heavy atom. The molecule has 0 aliphatic carbocycles. The number of hydrazone groups is 1. The van der Waals surface area contributed by atoms with Gasteiger partial charge in [-0.25, -0.2) is 9.97 Å². The third kappa shape index (κ3) is 3.68. The van der Waals surface area contributed by atoms with E-state index in [4.69, 9.17) is 0 Å². The van der Waals surface area contributed by atoms with Crippen molar-refractivity contribution in [3.63, 3.8) is 0 Å². The first kappa shape index (κ1) is 17.2. The van der Waals surface area contributed by atoms with Gasteiger partial charge < -0.3 is 0 Å². The Morgan fingerprint density at radius 3 is 2.85 bits per heavy atom. The summed E-state index contributed by atoms with van der Waals surface area (Å²) in [6.07, 6.45) is 3.29. The van der Waals surface area contributed by atoms with Crippen LogP contribution < -0.4 is 5.43 Å². The number of nitrogens with zero attached hydrogens (tertiary/aromatic N) is 6. The minimum Gasteiger partial charge on any atom is -0.261 e. The van der Waals surface area contributed by atoms with E-state index in [1.165, 1.54) is 4.88 Å². The van der Waals surface area contributed by atoms with Crippen LogP contribution in [-0.2, 0) is 5.41 Å². The fourth-order valence-corrected chi connectivity index (χ4v) is 3.58. The lowest BCUT2D eigenvalue weighted by Crippen LogP contribution is -2.07. The van der Waals surface area contributed by atoms with Crippen LogP contribution in [0.3, 0.4) is 0 Å². The smallest absolute Gasteiger partial charge is 0.204 e. The van der Waals surface area contributed by atoms with Crippen molar-refractivity contribution in [3.8, 4) is 11.4 Å². The van der Waals surface area contributed by atoms with Gasteiger partial charge in [-0.3, -0.25) is 5.43 Å². The predicted molar refractivity (Wildman–Crippen MR) is 107 cm³/mol. The molecule has 4 aromatic rings. The summed E-state index contributed by atoms with van der Waals surface area (Å²) in [7, 11) is 0. The van der Waals surface area contributed by atoms with Crippen molar-refractivity contribution in [1.29, 1.82) is 0 Å². The Hall–Kier alpha value is -3.20. The second-order valence-electron chi connectivity index (χ2n) is 7.03. The van der Waals surface area contributed by atoms with Crippen LogP contribution >= 0.6 is 11.3 Å². The Bertz CT molecular complexity index is 1090. The van der Waals surface area contributed by atoms with Crippen molar-refractivity contribution >= 4 is 33.6 Å². The zero-order chi connectivity index (χ0) is 18.9. The molecule has 0 unspecified atom stereocenters. The SMILES string of the molecule is CC(C)(C)c1cc2c(NN=Cc3cccc(-c4nn[nH]n4)c3)ncnc2s1. The molecule has 4 rings (SSSR count). The minimum absolute atomic E-state index is 0.0709. The Balaban J connectivity index is 1.57. The molecule has 27 heavy (non-hydrogen) atoms. The van der Waals surface area contributed by atoms with Crippen LogP contribution in [0, 0.1) is 0 Å². The third-order valence-electron chi connectivity index (χ3n) is 3.94. The molecule has 3 aromatic heterocycles. The lowest BCUT2D eigenvalue weighted by Gasteiger charge is -2.14. The summed E-state index contributed by atoms with van der Waals surface area (Å²) in [6.45, 7) is 6.56. The highest BCUT2D eigenvalue weighted by Gasteiger charge is 2.18. The average Bonchev–Trinajstić information content (AvgIpc) is 3.32. The van der Waals surface area contributed by atoms with E-state index >= 15 is 0 Å². The summed E-state index contributed by atoms with van der Waals surface area (Å²) in [5.74, 6) is 1.24. The van der Waals surface area contributed by atoms with Crippen LogP contribution in [0.25, 0.3) is 21.6 Å². The summed E-state index contributed by atoms with van der Waals surface area (Å²) in [5, 5.41) is 19.3. The zero-order valence-corrected chi connectivity index (χ0v) is 15.9. The highest BCUT2D eigenvalue weighted by Crippen LogP contribution is 2.35. The van der Waals surface area contributed by atoms with Gasteiger partial charge in [0.1, 0.15) is 11.2 Å². The molecule has 0 amide bonds. The van der Waals surface area contributed by atoms with Gasteiger partial charge in [-0.1, -0.05) is 39.0 Å². The highest BCUT2D eigenvalue weighted by atomic mass is 32.1. The summed E-state index contributed by atoms with van der Waals surface area (Å²) >= 11 is 1.68. The van der Waals surface area contributed by atoms with Gasteiger partial charge in [0, 0.05) is 10.4 Å². The summed E-state index contributed by atoms with van der Waals surface area (Å²) in [4.78, 5) is 10.9. The van der Waals surface area contributed by atoms with Crippen molar-refractivity contribution in [2.75, 3.05) is 5.43 Å². The molecule has 0 radical (unpaired) electrons. The summed E-state index contributed by atoms with van der Waals surface area (Å²) < 4.78 is 0. The largest absolute Gasteiger partial charge is 0.261 e. The van der Waals surface area contributed by atoms with Crippen LogP contribution in [0.1, 0.15) is 31.2 Å². The quantitative estimate of drug-likeness (QED) is 0.415. The van der Waals surface area contributed by atoms with Gasteiger partial charge in [0.2, 0.25) is 5.82 Å². The number of tetrazole rings is 1. The lowest BCUT2D eigenvalue weighted by molar-refractivity contribution is 0.604. The number of H-pyrrole nitrogens is 1. The number of rotatable bonds is 4. The second kappa shape index (κ2) is 6.84. The molecule has 0 saturated heterocycles. The predicted octanol–water partition coefficient (Wildman–Crippen LogP) is 3.61. The first-order valence-electron chi connectivity index (χ1n) is 8.39. The van der Waals surface area contributed by atoms with Crippen molar-refractivity contribution in [2.24, 2.45) is 5.10 Å². The molecule has 3 heterocycles. The van der Waals surface area contributed by atoms with E-state index < -0.39 is 0 Å². The van der Waals surface area contributed by atoms with Gasteiger partial charge in [-0.05, 0) is 28.3 Å². The molecule has 0 saturated carbocycles. The van der Waals surface area contributed by atoms with Crippen LogP contribution in [0.4, 0.5) is 5.82 Å². The number of aromatic amines is 1. The van der Waals surface area contributed by atoms with Crippen LogP contribution in [0.15, 0.2) is 41.8 Å². The molecular weight excluding hydrogens is 360 g/mol. The minimum atomic E-state index is 0.0709. The van der Waals surface area contributed by atoms with Gasteiger partial charge in [0.25, 0.3) is 0 Å². The molecule has 0 bridgehead atoms. The topological polar surface area (TPSA) is 105 Å². The maximum atomic E-state index is 4.38. The number of thiophene rings is 1. The molecule has 0 fully saturated rings. The first-order chi connectivity index (χ1) is 13.0. The van der Waals surface area contributed by atoms with Crippen molar-refractivity contribution in [2.45, 2.75) is 26.2 Å². The number of benzene rings is 1. The monoisotopic (exact) mass is 378 g/mol.